The predicted octanol–water partition coefficient (Wildman–Crippen LogP) is 2.24. The summed E-state index contributed by atoms with van der Waals surface area (Å²) in [6, 6.07) is 12.8. The summed E-state index contributed by atoms with van der Waals surface area (Å²) < 4.78 is 16.0. The van der Waals surface area contributed by atoms with E-state index in [0.717, 1.165) is 41.3 Å². The van der Waals surface area contributed by atoms with Gasteiger partial charge in [0.15, 0.2) is 6.54 Å². The minimum absolute atomic E-state index is 0.140. The number of ether oxygens (including phenoxy) is 3. The standard InChI is InChI=1S/C23H28N2O5/c1-4-30-23(27)17-8-5-6-9-19(17)24-22(26)15-25-13-7-10-20(25)18-14-16(28-2)11-12-21(18)29-3/h5-6,8-9,11-12,14,20H,4,7,10,13,15H2,1-3H3,(H,24,26)/p+1/t20-/m1/s1. The Morgan fingerprint density at radius 2 is 1.93 bits per heavy atom. The van der Waals surface area contributed by atoms with Crippen molar-refractivity contribution in [3.8, 4) is 11.5 Å². The molecule has 0 aromatic heterocycles. The molecule has 0 spiro atoms. The number of anilines is 1. The number of quaternary nitrogens is 1. The Labute approximate surface area is 176 Å². The smallest absolute Gasteiger partial charge is 0.340 e. The van der Waals surface area contributed by atoms with E-state index in [0.29, 0.717) is 17.8 Å². The highest BCUT2D eigenvalue weighted by Gasteiger charge is 2.34. The summed E-state index contributed by atoms with van der Waals surface area (Å²) in [7, 11) is 3.29. The summed E-state index contributed by atoms with van der Waals surface area (Å²) in [5, 5.41) is 2.88. The largest absolute Gasteiger partial charge is 0.497 e. The number of amides is 1. The van der Waals surface area contributed by atoms with E-state index in [4.69, 9.17) is 14.2 Å². The van der Waals surface area contributed by atoms with Gasteiger partial charge in [-0.1, -0.05) is 12.1 Å². The molecule has 1 aliphatic heterocycles. The molecule has 2 atom stereocenters. The first-order valence-corrected chi connectivity index (χ1v) is 10.2. The van der Waals surface area contributed by atoms with E-state index in [-0.39, 0.29) is 18.6 Å². The molecule has 30 heavy (non-hydrogen) atoms. The second kappa shape index (κ2) is 10.1. The van der Waals surface area contributed by atoms with Crippen molar-refractivity contribution in [3.05, 3.63) is 53.6 Å². The van der Waals surface area contributed by atoms with Gasteiger partial charge in [-0.15, -0.1) is 0 Å². The highest BCUT2D eigenvalue weighted by Crippen LogP contribution is 2.31. The summed E-state index contributed by atoms with van der Waals surface area (Å²) >= 11 is 0. The zero-order valence-corrected chi connectivity index (χ0v) is 17.7. The Balaban J connectivity index is 1.74. The van der Waals surface area contributed by atoms with Gasteiger partial charge < -0.3 is 24.4 Å². The summed E-state index contributed by atoms with van der Waals surface area (Å²) in [4.78, 5) is 26.1. The third-order valence-electron chi connectivity index (χ3n) is 5.38. The van der Waals surface area contributed by atoms with Crippen LogP contribution < -0.4 is 19.7 Å². The molecule has 0 aliphatic carbocycles. The van der Waals surface area contributed by atoms with Crippen LogP contribution in [0.15, 0.2) is 42.5 Å². The Morgan fingerprint density at radius 3 is 2.67 bits per heavy atom. The van der Waals surface area contributed by atoms with Gasteiger partial charge in [0.2, 0.25) is 0 Å². The number of para-hydroxylation sites is 1. The Morgan fingerprint density at radius 1 is 1.13 bits per heavy atom. The molecule has 1 fully saturated rings. The van der Waals surface area contributed by atoms with E-state index in [1.807, 2.05) is 18.2 Å². The zero-order valence-electron chi connectivity index (χ0n) is 17.7. The number of carbonyl (C=O) groups excluding carboxylic acids is 2. The lowest BCUT2D eigenvalue weighted by molar-refractivity contribution is -0.910. The van der Waals surface area contributed by atoms with Crippen molar-refractivity contribution in [2.75, 3.05) is 39.2 Å². The highest BCUT2D eigenvalue weighted by molar-refractivity contribution is 6.01. The average Bonchev–Trinajstić information content (AvgIpc) is 3.21. The fraction of sp³-hybridized carbons (Fsp3) is 0.391. The molecular formula is C23H29N2O5+. The molecule has 2 aromatic rings. The van der Waals surface area contributed by atoms with Crippen LogP contribution >= 0.6 is 0 Å². The van der Waals surface area contributed by atoms with E-state index < -0.39 is 5.97 Å². The first kappa shape index (κ1) is 21.6. The number of benzene rings is 2. The van der Waals surface area contributed by atoms with E-state index in [1.54, 1.807) is 45.4 Å². The van der Waals surface area contributed by atoms with Gasteiger partial charge in [-0.3, -0.25) is 4.79 Å². The molecular weight excluding hydrogens is 384 g/mol. The molecule has 2 N–H and O–H groups in total. The Bertz CT molecular complexity index is 899. The molecule has 2 aromatic carbocycles. The summed E-state index contributed by atoms with van der Waals surface area (Å²) in [6.45, 7) is 3.21. The lowest BCUT2D eigenvalue weighted by atomic mass is 10.0. The Kier molecular flexibility index (Phi) is 7.30. The topological polar surface area (TPSA) is 78.3 Å². The molecule has 3 rings (SSSR count). The first-order valence-electron chi connectivity index (χ1n) is 10.2. The number of rotatable bonds is 8. The van der Waals surface area contributed by atoms with E-state index >= 15 is 0 Å². The van der Waals surface area contributed by atoms with Crippen LogP contribution in [-0.4, -0.2) is 45.8 Å². The van der Waals surface area contributed by atoms with Crippen LogP contribution in [0.5, 0.6) is 11.5 Å². The molecule has 7 heteroatoms. The molecule has 0 radical (unpaired) electrons. The monoisotopic (exact) mass is 413 g/mol. The molecule has 1 unspecified atom stereocenters. The third-order valence-corrected chi connectivity index (χ3v) is 5.38. The van der Waals surface area contributed by atoms with Gasteiger partial charge in [0, 0.05) is 12.8 Å². The van der Waals surface area contributed by atoms with Crippen LogP contribution in [0.25, 0.3) is 0 Å². The quantitative estimate of drug-likeness (QED) is 0.649. The van der Waals surface area contributed by atoms with Crippen molar-refractivity contribution in [1.82, 2.24) is 0 Å². The number of carbonyl (C=O) groups is 2. The summed E-state index contributed by atoms with van der Waals surface area (Å²) in [5.74, 6) is 0.981. The maximum Gasteiger partial charge on any atom is 0.340 e. The zero-order chi connectivity index (χ0) is 21.5. The average molecular weight is 413 g/mol. The maximum atomic E-state index is 12.8. The van der Waals surface area contributed by atoms with Crippen LogP contribution in [-0.2, 0) is 9.53 Å². The van der Waals surface area contributed by atoms with Crippen molar-refractivity contribution in [3.63, 3.8) is 0 Å². The Hall–Kier alpha value is -3.06. The van der Waals surface area contributed by atoms with Gasteiger partial charge in [-0.2, -0.15) is 0 Å². The van der Waals surface area contributed by atoms with Gasteiger partial charge in [-0.05, 0) is 37.3 Å². The highest BCUT2D eigenvalue weighted by atomic mass is 16.5. The van der Waals surface area contributed by atoms with Crippen LogP contribution in [0.2, 0.25) is 0 Å². The number of methoxy groups -OCH3 is 2. The molecule has 1 saturated heterocycles. The van der Waals surface area contributed by atoms with Crippen LogP contribution in [0, 0.1) is 0 Å². The molecule has 7 nitrogen and oxygen atoms in total. The van der Waals surface area contributed by atoms with Crippen molar-refractivity contribution in [2.24, 2.45) is 0 Å². The molecule has 0 bridgehead atoms. The van der Waals surface area contributed by atoms with Crippen LogP contribution in [0.3, 0.4) is 0 Å². The van der Waals surface area contributed by atoms with Crippen molar-refractivity contribution in [1.29, 1.82) is 0 Å². The van der Waals surface area contributed by atoms with Crippen LogP contribution in [0.4, 0.5) is 5.69 Å². The number of hydrogen-bond donors (Lipinski definition) is 2. The van der Waals surface area contributed by atoms with Crippen molar-refractivity contribution < 1.29 is 28.7 Å². The van der Waals surface area contributed by atoms with Gasteiger partial charge >= 0.3 is 5.97 Å². The first-order chi connectivity index (χ1) is 14.6. The van der Waals surface area contributed by atoms with Crippen molar-refractivity contribution >= 4 is 17.6 Å². The number of esters is 1. The fourth-order valence-corrected chi connectivity index (χ4v) is 3.99. The predicted molar refractivity (Wildman–Crippen MR) is 113 cm³/mol. The number of hydrogen-bond acceptors (Lipinski definition) is 5. The minimum atomic E-state index is -0.444. The van der Waals surface area contributed by atoms with Gasteiger partial charge in [0.1, 0.15) is 17.5 Å². The lowest BCUT2D eigenvalue weighted by Crippen LogP contribution is -3.11. The van der Waals surface area contributed by atoms with Crippen molar-refractivity contribution in [2.45, 2.75) is 25.8 Å². The molecule has 1 aliphatic rings. The minimum Gasteiger partial charge on any atom is -0.497 e. The van der Waals surface area contributed by atoms with E-state index in [9.17, 15) is 9.59 Å². The maximum absolute atomic E-state index is 12.8. The van der Waals surface area contributed by atoms with E-state index in [1.165, 1.54) is 0 Å². The molecule has 1 amide bonds. The van der Waals surface area contributed by atoms with Gasteiger partial charge in [0.25, 0.3) is 5.91 Å². The van der Waals surface area contributed by atoms with Gasteiger partial charge in [-0.25, -0.2) is 4.79 Å². The number of nitrogens with one attached hydrogen (secondary N) is 2. The normalized spacial score (nSPS) is 18.0. The van der Waals surface area contributed by atoms with Crippen LogP contribution in [0.1, 0.15) is 41.7 Å². The SMILES string of the molecule is CCOC(=O)c1ccccc1NC(=O)C[NH+]1CCC[C@@H]1c1cc(OC)ccc1OC. The second-order valence-electron chi connectivity index (χ2n) is 7.20. The lowest BCUT2D eigenvalue weighted by Gasteiger charge is -2.23. The second-order valence-corrected chi connectivity index (χ2v) is 7.20. The van der Waals surface area contributed by atoms with E-state index in [2.05, 4.69) is 5.32 Å². The molecule has 0 saturated carbocycles. The third kappa shape index (κ3) is 4.91. The van der Waals surface area contributed by atoms with Gasteiger partial charge in [0.05, 0.1) is 44.2 Å². The summed E-state index contributed by atoms with van der Waals surface area (Å²) in [6.07, 6.45) is 1.98. The summed E-state index contributed by atoms with van der Waals surface area (Å²) in [5.41, 5.74) is 1.87. The molecule has 1 heterocycles. The fourth-order valence-electron chi connectivity index (χ4n) is 3.99. The number of likely N-dealkylation sites (tertiary alicyclic amines) is 1. The molecule has 160 valence electrons.